The fourth-order valence-electron chi connectivity index (χ4n) is 5.48. The smallest absolute Gasteiger partial charge is 0.343 e. The van der Waals surface area contributed by atoms with Gasteiger partial charge in [-0.05, 0) is 24.1 Å². The van der Waals surface area contributed by atoms with E-state index in [9.17, 15) is 19.1 Å². The summed E-state index contributed by atoms with van der Waals surface area (Å²) >= 11 is 0. The standard InChI is InChI=1S/C26H26FN3O6/c1-3-26(33)18-9-21-23-16(12-30(21)24(31)17(18)13-36-25(26)32)15(11-29-4-6-35-7-5-29)14-8-22(34-2)19(27)10-20(14)28-23/h8-10,33H,3-7,11-13H2,1-2H3/t26-/m0/s1. The molecule has 3 aliphatic heterocycles. The maximum Gasteiger partial charge on any atom is 0.343 e. The first kappa shape index (κ1) is 23.1. The molecular weight excluding hydrogens is 469 g/mol. The van der Waals surface area contributed by atoms with Crippen LogP contribution in [0.4, 0.5) is 4.39 Å². The molecule has 2 aromatic heterocycles. The SMILES string of the molecule is CC[C@@]1(O)C(=O)OCc2c1cc1n(c2=O)Cc2c-1nc1cc(F)c(OC)cc1c2CN1CCOCC1. The second-order valence-corrected chi connectivity index (χ2v) is 9.41. The first-order valence-electron chi connectivity index (χ1n) is 12.0. The lowest BCUT2D eigenvalue weighted by Crippen LogP contribution is -2.44. The van der Waals surface area contributed by atoms with E-state index in [4.69, 9.17) is 19.2 Å². The van der Waals surface area contributed by atoms with Crippen LogP contribution in [0.3, 0.4) is 0 Å². The lowest BCUT2D eigenvalue weighted by molar-refractivity contribution is -0.172. The van der Waals surface area contributed by atoms with Gasteiger partial charge in [-0.15, -0.1) is 0 Å². The number of aromatic nitrogens is 2. The van der Waals surface area contributed by atoms with Crippen molar-refractivity contribution in [3.05, 3.63) is 56.6 Å². The van der Waals surface area contributed by atoms with Crippen LogP contribution >= 0.6 is 0 Å². The van der Waals surface area contributed by atoms with Crippen molar-refractivity contribution in [2.45, 2.75) is 38.6 Å². The zero-order chi connectivity index (χ0) is 25.2. The zero-order valence-electron chi connectivity index (χ0n) is 20.1. The Morgan fingerprint density at radius 1 is 1.19 bits per heavy atom. The summed E-state index contributed by atoms with van der Waals surface area (Å²) in [6.45, 7) is 5.07. The molecule has 0 amide bonds. The molecule has 5 heterocycles. The molecule has 10 heteroatoms. The van der Waals surface area contributed by atoms with Crippen molar-refractivity contribution in [1.82, 2.24) is 14.5 Å². The fraction of sp³-hybridized carbons (Fsp3) is 0.423. The van der Waals surface area contributed by atoms with Crippen molar-refractivity contribution in [1.29, 1.82) is 0 Å². The molecule has 188 valence electrons. The van der Waals surface area contributed by atoms with Gasteiger partial charge >= 0.3 is 5.97 Å². The summed E-state index contributed by atoms with van der Waals surface area (Å²) in [6.07, 6.45) is 0.0625. The predicted octanol–water partition coefficient (Wildman–Crippen LogP) is 2.06. The first-order chi connectivity index (χ1) is 17.4. The van der Waals surface area contributed by atoms with E-state index in [1.807, 2.05) is 0 Å². The normalized spacial score (nSPS) is 21.2. The number of benzene rings is 1. The summed E-state index contributed by atoms with van der Waals surface area (Å²) < 4.78 is 32.2. The second-order valence-electron chi connectivity index (χ2n) is 9.41. The second kappa shape index (κ2) is 8.36. The highest BCUT2D eigenvalue weighted by atomic mass is 19.1. The van der Waals surface area contributed by atoms with Crippen LogP contribution in [0.5, 0.6) is 5.75 Å². The van der Waals surface area contributed by atoms with Crippen LogP contribution in [0.15, 0.2) is 23.0 Å². The highest BCUT2D eigenvalue weighted by Crippen LogP contribution is 2.41. The van der Waals surface area contributed by atoms with Crippen LogP contribution in [-0.4, -0.2) is 58.9 Å². The minimum Gasteiger partial charge on any atom is -0.494 e. The van der Waals surface area contributed by atoms with E-state index < -0.39 is 17.4 Å². The quantitative estimate of drug-likeness (QED) is 0.429. The molecule has 36 heavy (non-hydrogen) atoms. The molecule has 1 atom stereocenters. The molecule has 9 nitrogen and oxygen atoms in total. The van der Waals surface area contributed by atoms with Crippen LogP contribution in [0.1, 0.15) is 35.6 Å². The van der Waals surface area contributed by atoms with Gasteiger partial charge in [-0.2, -0.15) is 0 Å². The highest BCUT2D eigenvalue weighted by molar-refractivity contribution is 5.90. The number of hydrogen-bond acceptors (Lipinski definition) is 8. The minimum absolute atomic E-state index is 0.0625. The summed E-state index contributed by atoms with van der Waals surface area (Å²) in [5.74, 6) is -1.17. The Morgan fingerprint density at radius 2 is 1.97 bits per heavy atom. The van der Waals surface area contributed by atoms with E-state index in [1.54, 1.807) is 23.6 Å². The Kier molecular flexibility index (Phi) is 5.36. The van der Waals surface area contributed by atoms with Gasteiger partial charge in [0.2, 0.25) is 0 Å². The number of halogens is 1. The molecule has 0 saturated carbocycles. The van der Waals surface area contributed by atoms with Crippen LogP contribution < -0.4 is 10.3 Å². The number of pyridine rings is 2. The van der Waals surface area contributed by atoms with E-state index in [2.05, 4.69) is 4.90 Å². The third-order valence-electron chi connectivity index (χ3n) is 7.56. The Bertz CT molecular complexity index is 1480. The number of cyclic esters (lactones) is 1. The molecule has 1 saturated heterocycles. The molecule has 0 spiro atoms. The number of nitrogens with zero attached hydrogens (tertiary/aromatic N) is 3. The molecule has 1 aromatic carbocycles. The van der Waals surface area contributed by atoms with Crippen molar-refractivity contribution in [2.24, 2.45) is 0 Å². The van der Waals surface area contributed by atoms with Crippen LogP contribution in [-0.2, 0) is 39.6 Å². The predicted molar refractivity (Wildman–Crippen MR) is 127 cm³/mol. The number of hydrogen-bond donors (Lipinski definition) is 1. The number of carbonyl (C=O) groups is 1. The average Bonchev–Trinajstić information content (AvgIpc) is 3.25. The van der Waals surface area contributed by atoms with Crippen LogP contribution in [0.25, 0.3) is 22.3 Å². The molecule has 3 aliphatic rings. The zero-order valence-corrected chi connectivity index (χ0v) is 20.1. The Hall–Kier alpha value is -3.34. The van der Waals surface area contributed by atoms with Gasteiger partial charge in [0.05, 0.1) is 49.3 Å². The van der Waals surface area contributed by atoms with Gasteiger partial charge in [-0.3, -0.25) is 9.69 Å². The van der Waals surface area contributed by atoms with Gasteiger partial charge in [-0.1, -0.05) is 6.92 Å². The van der Waals surface area contributed by atoms with Crippen LogP contribution in [0.2, 0.25) is 0 Å². The van der Waals surface area contributed by atoms with Crippen molar-refractivity contribution >= 4 is 16.9 Å². The molecule has 0 radical (unpaired) electrons. The Labute approximate surface area is 206 Å². The van der Waals surface area contributed by atoms with Crippen LogP contribution in [0, 0.1) is 5.82 Å². The fourth-order valence-corrected chi connectivity index (χ4v) is 5.48. The third-order valence-corrected chi connectivity index (χ3v) is 7.56. The number of rotatable bonds is 4. The number of morpholine rings is 1. The number of fused-ring (bicyclic) bond motifs is 5. The van der Waals surface area contributed by atoms with Gasteiger partial charge in [-0.25, -0.2) is 14.2 Å². The van der Waals surface area contributed by atoms with E-state index in [1.165, 1.54) is 13.2 Å². The number of esters is 1. The maximum absolute atomic E-state index is 14.7. The van der Waals surface area contributed by atoms with Gasteiger partial charge in [0, 0.05) is 42.2 Å². The average molecular weight is 496 g/mol. The maximum atomic E-state index is 14.7. The van der Waals surface area contributed by atoms with Gasteiger partial charge < -0.3 is 23.9 Å². The summed E-state index contributed by atoms with van der Waals surface area (Å²) in [5.41, 5.74) is 1.57. The highest BCUT2D eigenvalue weighted by Gasteiger charge is 2.45. The molecule has 0 bridgehead atoms. The first-order valence-corrected chi connectivity index (χ1v) is 12.0. The molecule has 1 N–H and O–H groups in total. The summed E-state index contributed by atoms with van der Waals surface area (Å²) in [6, 6.07) is 4.67. The van der Waals surface area contributed by atoms with E-state index >= 15 is 0 Å². The molecule has 1 fully saturated rings. The van der Waals surface area contributed by atoms with E-state index in [0.29, 0.717) is 36.7 Å². The van der Waals surface area contributed by atoms with Crippen molar-refractivity contribution < 1.29 is 28.5 Å². The van der Waals surface area contributed by atoms with Crippen molar-refractivity contribution in [3.63, 3.8) is 0 Å². The van der Waals surface area contributed by atoms with Gasteiger partial charge in [0.15, 0.2) is 17.2 Å². The minimum atomic E-state index is -1.90. The Balaban J connectivity index is 1.60. The summed E-state index contributed by atoms with van der Waals surface area (Å²) in [4.78, 5) is 33.0. The number of methoxy groups -OCH3 is 1. The van der Waals surface area contributed by atoms with Crippen molar-refractivity contribution in [2.75, 3.05) is 33.4 Å². The largest absolute Gasteiger partial charge is 0.494 e. The lowest BCUT2D eigenvalue weighted by atomic mass is 9.86. The third kappa shape index (κ3) is 3.28. The summed E-state index contributed by atoms with van der Waals surface area (Å²) in [5, 5.41) is 11.9. The van der Waals surface area contributed by atoms with E-state index in [-0.39, 0.29) is 42.0 Å². The molecule has 6 rings (SSSR count). The van der Waals surface area contributed by atoms with Gasteiger partial charge in [0.25, 0.3) is 5.56 Å². The van der Waals surface area contributed by atoms with E-state index in [0.717, 1.165) is 29.6 Å². The molecule has 3 aromatic rings. The number of aliphatic hydroxyl groups is 1. The number of carbonyl (C=O) groups excluding carboxylic acids is 1. The van der Waals surface area contributed by atoms with Crippen molar-refractivity contribution in [3.8, 4) is 17.1 Å². The molecule has 0 unspecified atom stereocenters. The topological polar surface area (TPSA) is 103 Å². The molecular formula is C26H26FN3O6. The van der Waals surface area contributed by atoms with Gasteiger partial charge in [0.1, 0.15) is 6.61 Å². The Morgan fingerprint density at radius 3 is 2.69 bits per heavy atom. The molecule has 0 aliphatic carbocycles. The number of ether oxygens (including phenoxy) is 3. The summed E-state index contributed by atoms with van der Waals surface area (Å²) in [7, 11) is 1.42. The monoisotopic (exact) mass is 495 g/mol. The lowest BCUT2D eigenvalue weighted by Gasteiger charge is -2.31.